The number of hydrogen-bond donors (Lipinski definition) is 1. The van der Waals surface area contributed by atoms with E-state index in [2.05, 4.69) is 10.2 Å². The molecule has 9 nitrogen and oxygen atoms in total. The van der Waals surface area contributed by atoms with E-state index in [0.29, 0.717) is 35.9 Å². The molecule has 3 aromatic carbocycles. The van der Waals surface area contributed by atoms with Crippen LogP contribution < -0.4 is 10.2 Å². The van der Waals surface area contributed by atoms with Crippen molar-refractivity contribution in [1.82, 2.24) is 4.90 Å². The molecular formula is C32H28N4O5. The molecule has 1 aliphatic heterocycles. The van der Waals surface area contributed by atoms with Crippen molar-refractivity contribution in [2.24, 2.45) is 0 Å². The van der Waals surface area contributed by atoms with Gasteiger partial charge >= 0.3 is 0 Å². The number of carbonyl (C=O) groups is 2. The third-order valence-electron chi connectivity index (χ3n) is 6.70. The van der Waals surface area contributed by atoms with Crippen LogP contribution in [-0.2, 0) is 9.59 Å². The molecule has 0 atom stereocenters. The number of anilines is 2. The van der Waals surface area contributed by atoms with Crippen LogP contribution in [-0.4, -0.2) is 47.8 Å². The molecule has 0 spiro atoms. The maximum atomic E-state index is 12.6. The first-order valence-electron chi connectivity index (χ1n) is 13.2. The molecule has 1 saturated heterocycles. The molecule has 0 aliphatic carbocycles. The highest BCUT2D eigenvalue weighted by Crippen LogP contribution is 2.31. The number of para-hydroxylation sites is 1. The Balaban J connectivity index is 1.11. The van der Waals surface area contributed by atoms with Crippen molar-refractivity contribution in [2.45, 2.75) is 0 Å². The Morgan fingerprint density at radius 2 is 1.51 bits per heavy atom. The van der Waals surface area contributed by atoms with Gasteiger partial charge in [0.1, 0.15) is 11.5 Å². The lowest BCUT2D eigenvalue weighted by Crippen LogP contribution is -2.48. The number of nitro groups is 1. The zero-order chi connectivity index (χ0) is 28.6. The highest BCUT2D eigenvalue weighted by molar-refractivity contribution is 6.01. The number of rotatable bonds is 8. The minimum atomic E-state index is -0.459. The van der Waals surface area contributed by atoms with Crippen LogP contribution in [0.1, 0.15) is 11.3 Å². The molecule has 5 rings (SSSR count). The second-order valence-corrected chi connectivity index (χ2v) is 9.40. The highest BCUT2D eigenvalue weighted by Gasteiger charge is 2.20. The second kappa shape index (κ2) is 12.6. The maximum absolute atomic E-state index is 12.6. The van der Waals surface area contributed by atoms with E-state index >= 15 is 0 Å². The van der Waals surface area contributed by atoms with Crippen LogP contribution in [0.25, 0.3) is 23.5 Å². The highest BCUT2D eigenvalue weighted by atomic mass is 16.6. The van der Waals surface area contributed by atoms with Crippen molar-refractivity contribution >= 4 is 41.0 Å². The van der Waals surface area contributed by atoms with E-state index in [-0.39, 0.29) is 17.5 Å². The molecule has 0 unspecified atom stereocenters. The Bertz CT molecular complexity index is 1580. The monoisotopic (exact) mass is 548 g/mol. The van der Waals surface area contributed by atoms with Crippen LogP contribution >= 0.6 is 0 Å². The molecule has 2 amide bonds. The molecule has 0 saturated carbocycles. The van der Waals surface area contributed by atoms with E-state index in [0.717, 1.165) is 24.3 Å². The Kier molecular flexibility index (Phi) is 8.35. The summed E-state index contributed by atoms with van der Waals surface area (Å²) in [6, 6.07) is 26.9. The van der Waals surface area contributed by atoms with Gasteiger partial charge in [-0.05, 0) is 60.2 Å². The number of hydrogen-bond acceptors (Lipinski definition) is 6. The fourth-order valence-electron chi connectivity index (χ4n) is 4.55. The Morgan fingerprint density at radius 3 is 2.24 bits per heavy atom. The summed E-state index contributed by atoms with van der Waals surface area (Å²) in [4.78, 5) is 39.9. The van der Waals surface area contributed by atoms with Gasteiger partial charge in [0, 0.05) is 55.8 Å². The summed E-state index contributed by atoms with van der Waals surface area (Å²) >= 11 is 0. The van der Waals surface area contributed by atoms with Gasteiger partial charge in [-0.2, -0.15) is 0 Å². The third-order valence-corrected chi connectivity index (χ3v) is 6.70. The van der Waals surface area contributed by atoms with Crippen LogP contribution in [0.2, 0.25) is 0 Å². The molecule has 1 aliphatic rings. The zero-order valence-corrected chi connectivity index (χ0v) is 22.2. The average molecular weight is 549 g/mol. The van der Waals surface area contributed by atoms with E-state index in [9.17, 15) is 19.7 Å². The molecule has 2 heterocycles. The van der Waals surface area contributed by atoms with Gasteiger partial charge < -0.3 is 19.5 Å². The number of amides is 2. The standard InChI is InChI=1S/C32H28N4O5/c37-31(18-16-27-15-17-30(41-27)28-8-4-5-9-29(28)36(39)40)33-25-11-13-26(14-12-25)34-20-22-35(23-21-34)32(38)19-10-24-6-2-1-3-7-24/h1-19H,20-23H2,(H,33,37)/b18-16+,19-10+. The topological polar surface area (TPSA) is 109 Å². The van der Waals surface area contributed by atoms with E-state index in [1.54, 1.807) is 36.4 Å². The van der Waals surface area contributed by atoms with Crippen molar-refractivity contribution in [1.29, 1.82) is 0 Å². The Morgan fingerprint density at radius 1 is 0.805 bits per heavy atom. The van der Waals surface area contributed by atoms with E-state index in [1.807, 2.05) is 65.6 Å². The van der Waals surface area contributed by atoms with Gasteiger partial charge in [0.05, 0.1) is 10.5 Å². The lowest BCUT2D eigenvalue weighted by Gasteiger charge is -2.35. The lowest BCUT2D eigenvalue weighted by molar-refractivity contribution is -0.384. The minimum Gasteiger partial charge on any atom is -0.456 e. The summed E-state index contributed by atoms with van der Waals surface area (Å²) in [5, 5.41) is 14.1. The SMILES string of the molecule is O=C(/C=C/c1ccc(-c2ccccc2[N+](=O)[O-])o1)Nc1ccc(N2CCN(C(=O)/C=C/c3ccccc3)CC2)cc1. The quantitative estimate of drug-likeness (QED) is 0.168. The van der Waals surface area contributed by atoms with Crippen molar-refractivity contribution in [3.63, 3.8) is 0 Å². The van der Waals surface area contributed by atoms with Crippen LogP contribution in [0.4, 0.5) is 17.1 Å². The van der Waals surface area contributed by atoms with Crippen LogP contribution in [0, 0.1) is 10.1 Å². The van der Waals surface area contributed by atoms with Gasteiger partial charge in [-0.3, -0.25) is 19.7 Å². The first kappa shape index (κ1) is 27.1. The van der Waals surface area contributed by atoms with Gasteiger partial charge in [0.15, 0.2) is 0 Å². The van der Waals surface area contributed by atoms with Crippen LogP contribution in [0.5, 0.6) is 0 Å². The van der Waals surface area contributed by atoms with Crippen molar-refractivity contribution in [3.8, 4) is 11.3 Å². The molecule has 1 fully saturated rings. The summed E-state index contributed by atoms with van der Waals surface area (Å²) < 4.78 is 5.70. The third kappa shape index (κ3) is 6.96. The molecule has 41 heavy (non-hydrogen) atoms. The fourth-order valence-corrected chi connectivity index (χ4v) is 4.55. The molecular weight excluding hydrogens is 520 g/mol. The van der Waals surface area contributed by atoms with E-state index in [4.69, 9.17) is 4.42 Å². The number of nitrogens with zero attached hydrogens (tertiary/aromatic N) is 3. The lowest BCUT2D eigenvalue weighted by atomic mass is 10.1. The molecule has 206 valence electrons. The van der Waals surface area contributed by atoms with Crippen molar-refractivity contribution in [3.05, 3.63) is 125 Å². The summed E-state index contributed by atoms with van der Waals surface area (Å²) in [6.45, 7) is 2.70. The van der Waals surface area contributed by atoms with Gasteiger partial charge in [0.2, 0.25) is 11.8 Å². The molecule has 1 N–H and O–H groups in total. The normalized spacial score (nSPS) is 13.6. The predicted octanol–water partition coefficient (Wildman–Crippen LogP) is 5.87. The van der Waals surface area contributed by atoms with Crippen LogP contribution in [0.15, 0.2) is 108 Å². The summed E-state index contributed by atoms with van der Waals surface area (Å²) in [5.41, 5.74) is 2.97. The summed E-state index contributed by atoms with van der Waals surface area (Å²) in [6.07, 6.45) is 6.31. The fraction of sp³-hybridized carbons (Fsp3) is 0.125. The summed E-state index contributed by atoms with van der Waals surface area (Å²) in [7, 11) is 0. The molecule has 0 bridgehead atoms. The number of nitrogens with one attached hydrogen (secondary N) is 1. The van der Waals surface area contributed by atoms with Gasteiger partial charge in [-0.25, -0.2) is 0 Å². The molecule has 1 aromatic heterocycles. The summed E-state index contributed by atoms with van der Waals surface area (Å²) in [5.74, 6) is 0.419. The maximum Gasteiger partial charge on any atom is 0.280 e. The number of nitro benzene ring substituents is 1. The smallest absolute Gasteiger partial charge is 0.280 e. The molecule has 9 heteroatoms. The first-order valence-corrected chi connectivity index (χ1v) is 13.2. The zero-order valence-electron chi connectivity index (χ0n) is 22.2. The van der Waals surface area contributed by atoms with Gasteiger partial charge in [0.25, 0.3) is 5.69 Å². The predicted molar refractivity (Wildman–Crippen MR) is 159 cm³/mol. The van der Waals surface area contributed by atoms with Gasteiger partial charge in [-0.15, -0.1) is 0 Å². The van der Waals surface area contributed by atoms with E-state index in [1.165, 1.54) is 18.2 Å². The number of furan rings is 1. The van der Waals surface area contributed by atoms with E-state index < -0.39 is 4.92 Å². The second-order valence-electron chi connectivity index (χ2n) is 9.40. The minimum absolute atomic E-state index is 0.00627. The number of benzene rings is 3. The van der Waals surface area contributed by atoms with Crippen molar-refractivity contribution in [2.75, 3.05) is 36.4 Å². The van der Waals surface area contributed by atoms with Crippen molar-refractivity contribution < 1.29 is 18.9 Å². The molecule has 4 aromatic rings. The Labute approximate surface area is 237 Å². The average Bonchev–Trinajstić information content (AvgIpc) is 3.49. The largest absolute Gasteiger partial charge is 0.456 e. The number of carbonyl (C=O) groups excluding carboxylic acids is 2. The van der Waals surface area contributed by atoms with Crippen LogP contribution in [0.3, 0.4) is 0 Å². The Hall–Kier alpha value is -5.44. The van der Waals surface area contributed by atoms with Gasteiger partial charge in [-0.1, -0.05) is 42.5 Å². The molecule has 0 radical (unpaired) electrons. The number of piperazine rings is 1. The first-order chi connectivity index (χ1) is 20.0.